The number of nitriles is 1. The summed E-state index contributed by atoms with van der Waals surface area (Å²) in [5.74, 6) is -1.95. The topological polar surface area (TPSA) is 123 Å². The molecular formula is C23H25N3O5. The Morgan fingerprint density at radius 2 is 1.87 bits per heavy atom. The van der Waals surface area contributed by atoms with E-state index in [-0.39, 0.29) is 12.4 Å². The predicted molar refractivity (Wildman–Crippen MR) is 112 cm³/mol. The largest absolute Gasteiger partial charge is 0.494 e. The Balaban J connectivity index is 2.23. The molecule has 0 aliphatic carbocycles. The Morgan fingerprint density at radius 1 is 1.19 bits per heavy atom. The van der Waals surface area contributed by atoms with Gasteiger partial charge in [-0.05, 0) is 38.5 Å². The van der Waals surface area contributed by atoms with Gasteiger partial charge in [-0.1, -0.05) is 24.3 Å². The molecule has 2 heterocycles. The zero-order valence-corrected chi connectivity index (χ0v) is 17.7. The van der Waals surface area contributed by atoms with E-state index < -0.39 is 35.3 Å². The van der Waals surface area contributed by atoms with Gasteiger partial charge in [0.1, 0.15) is 11.8 Å². The molecule has 4 atom stereocenters. The number of carbonyl (C=O) groups excluding carboxylic acids is 3. The molecule has 2 N–H and O–H groups in total. The Kier molecular flexibility index (Phi) is 6.16. The van der Waals surface area contributed by atoms with Crippen LogP contribution in [-0.4, -0.2) is 47.9 Å². The Labute approximate surface area is 180 Å². The first-order valence-corrected chi connectivity index (χ1v) is 10.1. The molecule has 8 nitrogen and oxygen atoms in total. The highest BCUT2D eigenvalue weighted by Gasteiger charge is 2.66. The van der Waals surface area contributed by atoms with Gasteiger partial charge in [0.15, 0.2) is 11.2 Å². The number of benzene rings is 1. The third-order valence-electron chi connectivity index (χ3n) is 5.71. The number of nitrogens with zero attached hydrogens (tertiary/aromatic N) is 2. The number of fused-ring (bicyclic) bond motifs is 1. The zero-order chi connectivity index (χ0) is 22.8. The summed E-state index contributed by atoms with van der Waals surface area (Å²) in [5, 5.41) is 10.3. The zero-order valence-electron chi connectivity index (χ0n) is 17.7. The van der Waals surface area contributed by atoms with E-state index in [2.05, 4.69) is 6.07 Å². The van der Waals surface area contributed by atoms with Gasteiger partial charge in [-0.3, -0.25) is 14.4 Å². The maximum atomic E-state index is 13.2. The number of nitrogens with two attached hydrogens (primary N) is 1. The number of hydrogen-bond donors (Lipinski definition) is 1. The molecule has 1 fully saturated rings. The molecule has 1 amide bonds. The van der Waals surface area contributed by atoms with Crippen molar-refractivity contribution in [3.8, 4) is 11.8 Å². The van der Waals surface area contributed by atoms with Gasteiger partial charge in [0.25, 0.3) is 0 Å². The van der Waals surface area contributed by atoms with Crippen LogP contribution in [0.15, 0.2) is 48.2 Å². The second kappa shape index (κ2) is 8.64. The third-order valence-corrected chi connectivity index (χ3v) is 5.71. The van der Waals surface area contributed by atoms with Crippen molar-refractivity contribution in [3.63, 3.8) is 0 Å². The van der Waals surface area contributed by atoms with Crippen molar-refractivity contribution < 1.29 is 23.9 Å². The Morgan fingerprint density at radius 3 is 2.39 bits per heavy atom. The van der Waals surface area contributed by atoms with E-state index in [0.29, 0.717) is 23.5 Å². The maximum absolute atomic E-state index is 13.2. The van der Waals surface area contributed by atoms with E-state index in [0.717, 1.165) is 0 Å². The molecule has 0 unspecified atom stereocenters. The molecule has 0 spiro atoms. The summed E-state index contributed by atoms with van der Waals surface area (Å²) in [4.78, 5) is 39.3. The number of rotatable bonds is 7. The third kappa shape index (κ3) is 3.56. The number of allylic oxidation sites excluding steroid dienone is 2. The standard InChI is InChI=1S/C23H25N3O5/c1-4-30-17-9-6-15(7-10-17)19-20(21(25)28)26-12-16(14(3)27)8-11-18(26)23(19,13-24)22(29)31-5-2/h6-12,18-20H,4-5H2,1-3H3,(H2,25,28)/t18-,19+,20-,23+/m0/s1. The van der Waals surface area contributed by atoms with Crippen molar-refractivity contribution in [2.24, 2.45) is 11.1 Å². The first-order valence-electron chi connectivity index (χ1n) is 10.1. The second-order valence-corrected chi connectivity index (χ2v) is 7.42. The fourth-order valence-electron chi connectivity index (χ4n) is 4.41. The molecular weight excluding hydrogens is 398 g/mol. The van der Waals surface area contributed by atoms with Crippen LogP contribution < -0.4 is 10.5 Å². The van der Waals surface area contributed by atoms with Crippen molar-refractivity contribution in [1.82, 2.24) is 4.90 Å². The van der Waals surface area contributed by atoms with E-state index in [9.17, 15) is 19.6 Å². The number of hydrogen-bond acceptors (Lipinski definition) is 7. The van der Waals surface area contributed by atoms with Crippen LogP contribution in [0.2, 0.25) is 0 Å². The minimum absolute atomic E-state index is 0.0739. The highest BCUT2D eigenvalue weighted by Crippen LogP contribution is 2.53. The average molecular weight is 423 g/mol. The van der Waals surface area contributed by atoms with Gasteiger partial charge in [-0.15, -0.1) is 0 Å². The fraction of sp³-hybridized carbons (Fsp3) is 0.391. The van der Waals surface area contributed by atoms with Crippen molar-refractivity contribution in [1.29, 1.82) is 5.26 Å². The number of Topliss-reactive ketones (excluding diaryl/α,β-unsaturated/α-hetero) is 1. The van der Waals surface area contributed by atoms with Gasteiger partial charge in [0.05, 0.1) is 25.3 Å². The number of carbonyl (C=O) groups is 3. The second-order valence-electron chi connectivity index (χ2n) is 7.42. The van der Waals surface area contributed by atoms with E-state index in [4.69, 9.17) is 15.2 Å². The molecule has 1 aromatic rings. The van der Waals surface area contributed by atoms with Crippen LogP contribution in [0.1, 0.15) is 32.3 Å². The summed E-state index contributed by atoms with van der Waals surface area (Å²) in [6.07, 6.45) is 4.66. The smallest absolute Gasteiger partial charge is 0.329 e. The molecule has 0 saturated carbocycles. The van der Waals surface area contributed by atoms with Crippen molar-refractivity contribution in [2.45, 2.75) is 38.8 Å². The van der Waals surface area contributed by atoms with Crippen molar-refractivity contribution in [3.05, 3.63) is 53.8 Å². The molecule has 1 aromatic carbocycles. The van der Waals surface area contributed by atoms with E-state index >= 15 is 0 Å². The summed E-state index contributed by atoms with van der Waals surface area (Å²) in [6, 6.07) is 7.16. The van der Waals surface area contributed by atoms with Gasteiger partial charge in [0.2, 0.25) is 5.91 Å². The summed E-state index contributed by atoms with van der Waals surface area (Å²) in [6.45, 7) is 5.47. The van der Waals surface area contributed by atoms with Gasteiger partial charge in [-0.2, -0.15) is 5.26 Å². The number of esters is 1. The SMILES string of the molecule is CCOC(=O)[C@@]1(C#N)[C@H](c2ccc(OCC)cc2)[C@@H](C(N)=O)N2C=C(C(C)=O)C=C[C@H]21. The highest BCUT2D eigenvalue weighted by molar-refractivity contribution is 5.97. The van der Waals surface area contributed by atoms with Crippen LogP contribution in [0.25, 0.3) is 0 Å². The molecule has 1 saturated heterocycles. The van der Waals surface area contributed by atoms with Gasteiger partial charge in [-0.25, -0.2) is 0 Å². The van der Waals surface area contributed by atoms with E-state index in [1.807, 2.05) is 6.92 Å². The lowest BCUT2D eigenvalue weighted by Gasteiger charge is -2.32. The summed E-state index contributed by atoms with van der Waals surface area (Å²) < 4.78 is 10.8. The van der Waals surface area contributed by atoms with Gasteiger partial charge in [0, 0.05) is 17.7 Å². The maximum Gasteiger partial charge on any atom is 0.329 e. The average Bonchev–Trinajstić information content (AvgIpc) is 3.05. The molecule has 2 aliphatic heterocycles. The van der Waals surface area contributed by atoms with Crippen LogP contribution in [0.3, 0.4) is 0 Å². The minimum Gasteiger partial charge on any atom is -0.494 e. The summed E-state index contributed by atoms with van der Waals surface area (Å²) >= 11 is 0. The minimum atomic E-state index is -1.74. The molecule has 0 aromatic heterocycles. The van der Waals surface area contributed by atoms with E-state index in [1.165, 1.54) is 13.1 Å². The quantitative estimate of drug-likeness (QED) is 0.664. The fourth-order valence-corrected chi connectivity index (χ4v) is 4.41. The monoisotopic (exact) mass is 423 g/mol. The highest BCUT2D eigenvalue weighted by atomic mass is 16.5. The molecule has 3 rings (SSSR count). The number of ether oxygens (including phenoxy) is 2. The number of amides is 1. The summed E-state index contributed by atoms with van der Waals surface area (Å²) in [7, 11) is 0. The molecule has 162 valence electrons. The lowest BCUT2D eigenvalue weighted by atomic mass is 9.68. The Hall–Kier alpha value is -3.60. The van der Waals surface area contributed by atoms with Crippen LogP contribution in [-0.2, 0) is 19.1 Å². The predicted octanol–water partition coefficient (Wildman–Crippen LogP) is 1.82. The van der Waals surface area contributed by atoms with Crippen LogP contribution >= 0.6 is 0 Å². The molecule has 2 aliphatic rings. The molecule has 8 heteroatoms. The van der Waals surface area contributed by atoms with Crippen LogP contribution in [0.5, 0.6) is 5.75 Å². The number of primary amides is 1. The molecule has 31 heavy (non-hydrogen) atoms. The lowest BCUT2D eigenvalue weighted by Crippen LogP contribution is -2.45. The van der Waals surface area contributed by atoms with E-state index in [1.54, 1.807) is 48.2 Å². The molecule has 0 radical (unpaired) electrons. The Bertz CT molecular complexity index is 991. The summed E-state index contributed by atoms with van der Waals surface area (Å²) in [5.41, 5.74) is 4.96. The van der Waals surface area contributed by atoms with Crippen LogP contribution in [0, 0.1) is 16.7 Å². The first-order chi connectivity index (χ1) is 14.8. The molecule has 0 bridgehead atoms. The van der Waals surface area contributed by atoms with Gasteiger partial charge < -0.3 is 20.1 Å². The van der Waals surface area contributed by atoms with Crippen molar-refractivity contribution >= 4 is 17.7 Å². The van der Waals surface area contributed by atoms with Crippen molar-refractivity contribution in [2.75, 3.05) is 13.2 Å². The first kappa shape index (κ1) is 22.1. The number of ketones is 1. The van der Waals surface area contributed by atoms with Crippen LogP contribution in [0.4, 0.5) is 0 Å². The normalized spacial score (nSPS) is 26.5. The van der Waals surface area contributed by atoms with Gasteiger partial charge >= 0.3 is 5.97 Å². The lowest BCUT2D eigenvalue weighted by molar-refractivity contribution is -0.153.